The molecule has 1 aromatic carbocycles. The summed E-state index contributed by atoms with van der Waals surface area (Å²) in [4.78, 5) is 0. The van der Waals surface area contributed by atoms with Crippen molar-refractivity contribution >= 4 is 0 Å². The maximum atomic E-state index is 2.37. The number of rotatable bonds is 4. The van der Waals surface area contributed by atoms with Crippen LogP contribution >= 0.6 is 0 Å². The zero-order chi connectivity index (χ0) is 12.1. The van der Waals surface area contributed by atoms with Gasteiger partial charge in [-0.2, -0.15) is 0 Å². The topological polar surface area (TPSA) is 0 Å². The molecule has 0 spiro atoms. The van der Waals surface area contributed by atoms with Gasteiger partial charge in [0.1, 0.15) is 0 Å². The molecule has 94 valence electrons. The van der Waals surface area contributed by atoms with E-state index in [1.165, 1.54) is 50.5 Å². The van der Waals surface area contributed by atoms with Gasteiger partial charge in [-0.25, -0.2) is 0 Å². The van der Waals surface area contributed by atoms with E-state index < -0.39 is 0 Å². The minimum absolute atomic E-state index is 0.821. The fourth-order valence-corrected chi connectivity index (χ4v) is 3.50. The van der Waals surface area contributed by atoms with Crippen LogP contribution in [0.1, 0.15) is 68.9 Å². The summed E-state index contributed by atoms with van der Waals surface area (Å²) in [7, 11) is 0. The highest BCUT2D eigenvalue weighted by Gasteiger charge is 2.25. The van der Waals surface area contributed by atoms with Crippen LogP contribution in [0, 0.1) is 12.8 Å². The molecule has 1 saturated carbocycles. The third kappa shape index (κ3) is 3.12. The van der Waals surface area contributed by atoms with Crippen LogP contribution in [0.25, 0.3) is 0 Å². The first-order valence-corrected chi connectivity index (χ1v) is 7.38. The van der Waals surface area contributed by atoms with Gasteiger partial charge in [-0.3, -0.25) is 0 Å². The van der Waals surface area contributed by atoms with Gasteiger partial charge in [0.25, 0.3) is 0 Å². The van der Waals surface area contributed by atoms with E-state index in [4.69, 9.17) is 0 Å². The summed E-state index contributed by atoms with van der Waals surface area (Å²) >= 11 is 0. The van der Waals surface area contributed by atoms with E-state index in [-0.39, 0.29) is 0 Å². The minimum Gasteiger partial charge on any atom is -0.0654 e. The van der Waals surface area contributed by atoms with E-state index in [9.17, 15) is 0 Å². The summed E-state index contributed by atoms with van der Waals surface area (Å²) in [5.74, 6) is 1.77. The molecule has 0 heteroatoms. The Bertz CT molecular complexity index is 334. The Morgan fingerprint density at radius 2 is 1.82 bits per heavy atom. The zero-order valence-electron chi connectivity index (χ0n) is 11.4. The van der Waals surface area contributed by atoms with Crippen molar-refractivity contribution in [2.75, 3.05) is 0 Å². The lowest BCUT2D eigenvalue weighted by molar-refractivity contribution is 0.292. The van der Waals surface area contributed by atoms with Gasteiger partial charge in [0.15, 0.2) is 0 Å². The molecule has 0 N–H and O–H groups in total. The van der Waals surface area contributed by atoms with Gasteiger partial charge in [-0.15, -0.1) is 0 Å². The molecular weight excluding hydrogens is 204 g/mol. The van der Waals surface area contributed by atoms with E-state index in [0.29, 0.717) is 0 Å². The highest BCUT2D eigenvalue weighted by atomic mass is 14.3. The molecular formula is C17H26. The maximum Gasteiger partial charge on any atom is -0.0131 e. The Kier molecular flexibility index (Phi) is 4.65. The Morgan fingerprint density at radius 3 is 2.47 bits per heavy atom. The normalized spacial score (nSPS) is 19.2. The average molecular weight is 230 g/mol. The van der Waals surface area contributed by atoms with Gasteiger partial charge in [-0.1, -0.05) is 56.9 Å². The highest BCUT2D eigenvalue weighted by molar-refractivity contribution is 5.29. The summed E-state index contributed by atoms with van der Waals surface area (Å²) < 4.78 is 0. The number of hydrogen-bond donors (Lipinski definition) is 0. The first kappa shape index (κ1) is 12.7. The lowest BCUT2D eigenvalue weighted by atomic mass is 9.74. The van der Waals surface area contributed by atoms with Crippen molar-refractivity contribution in [3.05, 3.63) is 35.4 Å². The van der Waals surface area contributed by atoms with E-state index >= 15 is 0 Å². The molecule has 0 bridgehead atoms. The molecule has 1 unspecified atom stereocenters. The van der Waals surface area contributed by atoms with Gasteiger partial charge in [0.2, 0.25) is 0 Å². The van der Waals surface area contributed by atoms with Crippen molar-refractivity contribution in [1.82, 2.24) is 0 Å². The van der Waals surface area contributed by atoms with Gasteiger partial charge >= 0.3 is 0 Å². The van der Waals surface area contributed by atoms with Crippen molar-refractivity contribution in [2.24, 2.45) is 5.92 Å². The van der Waals surface area contributed by atoms with Crippen LogP contribution < -0.4 is 0 Å². The zero-order valence-corrected chi connectivity index (χ0v) is 11.4. The van der Waals surface area contributed by atoms with Crippen LogP contribution in [0.15, 0.2) is 24.3 Å². The number of aryl methyl sites for hydroxylation is 1. The monoisotopic (exact) mass is 230 g/mol. The minimum atomic E-state index is 0.821. The molecule has 1 atom stereocenters. The second kappa shape index (κ2) is 6.23. The van der Waals surface area contributed by atoms with Crippen LogP contribution in [0.3, 0.4) is 0 Å². The molecule has 0 aliphatic heterocycles. The van der Waals surface area contributed by atoms with Crippen LogP contribution in [0.2, 0.25) is 0 Å². The van der Waals surface area contributed by atoms with Crippen molar-refractivity contribution in [3.8, 4) is 0 Å². The second-order valence-electron chi connectivity index (χ2n) is 5.65. The van der Waals surface area contributed by atoms with E-state index in [1.54, 1.807) is 5.56 Å². The summed E-state index contributed by atoms with van der Waals surface area (Å²) in [5, 5.41) is 0. The van der Waals surface area contributed by atoms with Crippen LogP contribution in [-0.2, 0) is 0 Å². The highest BCUT2D eigenvalue weighted by Crippen LogP contribution is 2.39. The third-order valence-electron chi connectivity index (χ3n) is 4.41. The SMILES string of the molecule is CCCC(c1ccccc1C)C1CCCCC1. The predicted molar refractivity (Wildman–Crippen MR) is 75.4 cm³/mol. The first-order valence-electron chi connectivity index (χ1n) is 7.38. The molecule has 0 amide bonds. The molecule has 1 aliphatic carbocycles. The van der Waals surface area contributed by atoms with Crippen molar-refractivity contribution in [3.63, 3.8) is 0 Å². The Balaban J connectivity index is 2.18. The molecule has 17 heavy (non-hydrogen) atoms. The van der Waals surface area contributed by atoms with Crippen LogP contribution in [-0.4, -0.2) is 0 Å². The smallest absolute Gasteiger partial charge is 0.0131 e. The van der Waals surface area contributed by atoms with Gasteiger partial charge < -0.3 is 0 Å². The predicted octanol–water partition coefficient (Wildman–Crippen LogP) is 5.46. The molecule has 1 aliphatic rings. The van der Waals surface area contributed by atoms with E-state index in [2.05, 4.69) is 38.1 Å². The molecule has 0 saturated heterocycles. The largest absolute Gasteiger partial charge is 0.0654 e. The second-order valence-corrected chi connectivity index (χ2v) is 5.65. The lowest BCUT2D eigenvalue weighted by Crippen LogP contribution is -2.17. The van der Waals surface area contributed by atoms with Gasteiger partial charge in [-0.05, 0) is 49.1 Å². The molecule has 1 fully saturated rings. The summed E-state index contributed by atoms with van der Waals surface area (Å²) in [6.07, 6.45) is 9.97. The van der Waals surface area contributed by atoms with E-state index in [0.717, 1.165) is 11.8 Å². The maximum absolute atomic E-state index is 2.37. The Morgan fingerprint density at radius 1 is 1.12 bits per heavy atom. The summed E-state index contributed by atoms with van der Waals surface area (Å²) in [5.41, 5.74) is 3.12. The lowest BCUT2D eigenvalue weighted by Gasteiger charge is -2.31. The fraction of sp³-hybridized carbons (Fsp3) is 0.647. The van der Waals surface area contributed by atoms with Crippen LogP contribution in [0.4, 0.5) is 0 Å². The first-order chi connectivity index (χ1) is 8.33. The Hall–Kier alpha value is -0.780. The molecule has 1 aromatic rings. The number of benzene rings is 1. The van der Waals surface area contributed by atoms with E-state index in [1.807, 2.05) is 0 Å². The summed E-state index contributed by atoms with van der Waals surface area (Å²) in [6.45, 7) is 4.61. The molecule has 0 nitrogen and oxygen atoms in total. The average Bonchev–Trinajstić information content (AvgIpc) is 2.38. The van der Waals surface area contributed by atoms with Crippen molar-refractivity contribution in [1.29, 1.82) is 0 Å². The Labute approximate surface area is 106 Å². The third-order valence-corrected chi connectivity index (χ3v) is 4.41. The molecule has 2 rings (SSSR count). The molecule has 0 radical (unpaired) electrons. The number of hydrogen-bond acceptors (Lipinski definition) is 0. The van der Waals surface area contributed by atoms with Gasteiger partial charge in [0, 0.05) is 0 Å². The van der Waals surface area contributed by atoms with Crippen molar-refractivity contribution < 1.29 is 0 Å². The standard InChI is InChI=1S/C17H26/c1-3-9-17(15-11-5-4-6-12-15)16-13-8-7-10-14(16)2/h7-8,10,13,15,17H,3-6,9,11-12H2,1-2H3. The molecule has 0 aromatic heterocycles. The van der Waals surface area contributed by atoms with Crippen LogP contribution in [0.5, 0.6) is 0 Å². The quantitative estimate of drug-likeness (QED) is 0.644. The van der Waals surface area contributed by atoms with Gasteiger partial charge in [0.05, 0.1) is 0 Å². The van der Waals surface area contributed by atoms with Crippen molar-refractivity contribution in [2.45, 2.75) is 64.7 Å². The fourth-order valence-electron chi connectivity index (χ4n) is 3.50. The summed E-state index contributed by atoms with van der Waals surface area (Å²) in [6, 6.07) is 9.03. The molecule has 0 heterocycles.